The molecular weight excluding hydrogens is 528 g/mol. The lowest BCUT2D eigenvalue weighted by Gasteiger charge is -2.24. The number of aliphatic hydroxyl groups is 1. The maximum Gasteiger partial charge on any atom is 0.350 e. The number of hydrogen-bond acceptors (Lipinski definition) is 8. The van der Waals surface area contributed by atoms with Gasteiger partial charge in [0.1, 0.15) is 16.4 Å². The Morgan fingerprint density at radius 2 is 1.65 bits per heavy atom. The molecule has 0 saturated carbocycles. The molecule has 0 fully saturated rings. The van der Waals surface area contributed by atoms with Crippen LogP contribution in [0.1, 0.15) is 32.5 Å². The summed E-state index contributed by atoms with van der Waals surface area (Å²) in [5, 5.41) is 11.2. The molecule has 0 radical (unpaired) electrons. The van der Waals surface area contributed by atoms with Crippen molar-refractivity contribution in [3.63, 3.8) is 0 Å². The number of carbonyl (C=O) groups excluding carboxylic acids is 3. The Hall–Kier alpha value is -5.02. The molecule has 1 aromatic heterocycles. The summed E-state index contributed by atoms with van der Waals surface area (Å²) in [6.07, 6.45) is 2.94. The van der Waals surface area contributed by atoms with E-state index in [1.807, 2.05) is 48.5 Å². The van der Waals surface area contributed by atoms with Crippen LogP contribution >= 0.6 is 11.3 Å². The molecule has 40 heavy (non-hydrogen) atoms. The van der Waals surface area contributed by atoms with Gasteiger partial charge in [0.2, 0.25) is 0 Å². The first kappa shape index (κ1) is 26.6. The highest BCUT2D eigenvalue weighted by Crippen LogP contribution is 2.44. The summed E-state index contributed by atoms with van der Waals surface area (Å²) >= 11 is 0.946. The minimum atomic E-state index is -1.03. The molecular formula is C31H24N2O6S. The van der Waals surface area contributed by atoms with Gasteiger partial charge in [-0.1, -0.05) is 78.1 Å². The topological polar surface area (TPSA) is 106 Å². The summed E-state index contributed by atoms with van der Waals surface area (Å²) in [7, 11) is 1.26. The first-order valence-electron chi connectivity index (χ1n) is 12.3. The number of carbonyl (C=O) groups is 3. The molecule has 3 aromatic carbocycles. The summed E-state index contributed by atoms with van der Waals surface area (Å²) < 4.78 is 10.8. The quantitative estimate of drug-likeness (QED) is 0.205. The lowest BCUT2D eigenvalue weighted by atomic mass is 9.95. The number of thiazole rings is 1. The van der Waals surface area contributed by atoms with Gasteiger partial charge in [0.15, 0.2) is 16.7 Å². The van der Waals surface area contributed by atoms with Gasteiger partial charge in [-0.2, -0.15) is 0 Å². The third-order valence-electron chi connectivity index (χ3n) is 6.22. The van der Waals surface area contributed by atoms with Crippen LogP contribution in [0.25, 0.3) is 6.08 Å². The van der Waals surface area contributed by atoms with Crippen LogP contribution in [0.15, 0.2) is 102 Å². The fraction of sp³-hybridized carbons (Fsp3) is 0.0968. The van der Waals surface area contributed by atoms with Crippen LogP contribution in [0.5, 0.6) is 11.5 Å². The maximum absolute atomic E-state index is 13.5. The number of hydrogen-bond donors (Lipinski definition) is 1. The zero-order valence-electron chi connectivity index (χ0n) is 21.6. The first-order valence-corrected chi connectivity index (χ1v) is 13.1. The predicted octanol–water partition coefficient (Wildman–Crippen LogP) is 6.21. The number of allylic oxidation sites excluding steroid dienone is 1. The van der Waals surface area contributed by atoms with Gasteiger partial charge in [0.25, 0.3) is 5.91 Å². The van der Waals surface area contributed by atoms with E-state index in [1.54, 1.807) is 49.4 Å². The number of aliphatic hydroxyl groups excluding tert-OH is 1. The monoisotopic (exact) mass is 552 g/mol. The molecule has 4 aromatic rings. The van der Waals surface area contributed by atoms with Crippen LogP contribution in [0.3, 0.4) is 0 Å². The lowest BCUT2D eigenvalue weighted by molar-refractivity contribution is -0.117. The second-order valence-electron chi connectivity index (χ2n) is 8.84. The van der Waals surface area contributed by atoms with E-state index in [-0.39, 0.29) is 15.6 Å². The molecule has 1 aliphatic heterocycles. The normalized spacial score (nSPS) is 15.1. The minimum Gasteiger partial charge on any atom is -0.503 e. The van der Waals surface area contributed by atoms with Crippen molar-refractivity contribution in [2.75, 3.05) is 12.0 Å². The van der Waals surface area contributed by atoms with E-state index in [4.69, 9.17) is 9.47 Å². The van der Waals surface area contributed by atoms with Crippen LogP contribution in [0, 0.1) is 6.92 Å². The van der Waals surface area contributed by atoms with Gasteiger partial charge in [0, 0.05) is 0 Å². The minimum absolute atomic E-state index is 0.110. The average Bonchev–Trinajstić information content (AvgIpc) is 3.48. The average molecular weight is 553 g/mol. The van der Waals surface area contributed by atoms with Gasteiger partial charge in [-0.3, -0.25) is 14.5 Å². The van der Waals surface area contributed by atoms with Gasteiger partial charge in [-0.25, -0.2) is 9.78 Å². The molecule has 1 aliphatic rings. The Morgan fingerprint density at radius 3 is 2.35 bits per heavy atom. The van der Waals surface area contributed by atoms with Gasteiger partial charge in [0.05, 0.1) is 24.4 Å². The number of esters is 1. The summed E-state index contributed by atoms with van der Waals surface area (Å²) in [6.45, 7) is 1.62. The Morgan fingerprint density at radius 1 is 0.975 bits per heavy atom. The Kier molecular flexibility index (Phi) is 7.56. The number of aromatic nitrogens is 1. The molecule has 1 atom stereocenters. The van der Waals surface area contributed by atoms with E-state index in [2.05, 4.69) is 4.98 Å². The Bertz CT molecular complexity index is 1640. The van der Waals surface area contributed by atoms with Gasteiger partial charge in [-0.05, 0) is 48.4 Å². The Labute approximate surface area is 234 Å². The van der Waals surface area contributed by atoms with E-state index >= 15 is 0 Å². The number of amides is 1. The first-order chi connectivity index (χ1) is 19.4. The predicted molar refractivity (Wildman–Crippen MR) is 152 cm³/mol. The summed E-state index contributed by atoms with van der Waals surface area (Å²) in [5.74, 6) is -1.55. The van der Waals surface area contributed by atoms with Crippen LogP contribution in [-0.2, 0) is 14.3 Å². The molecule has 0 saturated heterocycles. The van der Waals surface area contributed by atoms with E-state index in [1.165, 1.54) is 18.1 Å². The van der Waals surface area contributed by atoms with Crippen molar-refractivity contribution in [3.8, 4) is 11.5 Å². The van der Waals surface area contributed by atoms with Crippen LogP contribution in [0.2, 0.25) is 0 Å². The molecule has 2 heterocycles. The number of para-hydroxylation sites is 1. The number of rotatable bonds is 8. The number of ketones is 1. The number of methoxy groups -OCH3 is 1. The number of nitrogens with zero attached hydrogens (tertiary/aromatic N) is 2. The fourth-order valence-corrected chi connectivity index (χ4v) is 5.35. The van der Waals surface area contributed by atoms with Crippen molar-refractivity contribution in [2.45, 2.75) is 13.0 Å². The smallest absolute Gasteiger partial charge is 0.350 e. The van der Waals surface area contributed by atoms with E-state index < -0.39 is 29.5 Å². The SMILES string of the molecule is COC(=O)c1sc(N2C(=O)C(O)=C(C(=O)/C=C/c3ccccc3)C2c2cccc(Oc3ccccc3)c2)nc1C. The number of ether oxygens (including phenoxy) is 2. The molecule has 8 nitrogen and oxygen atoms in total. The lowest BCUT2D eigenvalue weighted by Crippen LogP contribution is -2.30. The third-order valence-corrected chi connectivity index (χ3v) is 7.35. The molecule has 0 spiro atoms. The molecule has 1 N–H and O–H groups in total. The van der Waals surface area contributed by atoms with Gasteiger partial charge in [-0.15, -0.1) is 0 Å². The number of benzene rings is 3. The van der Waals surface area contributed by atoms with Crippen molar-refractivity contribution < 1.29 is 29.0 Å². The number of anilines is 1. The highest BCUT2D eigenvalue weighted by atomic mass is 32.1. The zero-order chi connectivity index (χ0) is 28.2. The molecule has 0 bridgehead atoms. The van der Waals surface area contributed by atoms with Crippen molar-refractivity contribution in [2.24, 2.45) is 0 Å². The van der Waals surface area contributed by atoms with E-state index in [9.17, 15) is 19.5 Å². The molecule has 0 aliphatic carbocycles. The fourth-order valence-electron chi connectivity index (χ4n) is 4.34. The van der Waals surface area contributed by atoms with Gasteiger partial charge >= 0.3 is 5.97 Å². The van der Waals surface area contributed by atoms with Crippen molar-refractivity contribution in [1.29, 1.82) is 0 Å². The van der Waals surface area contributed by atoms with Crippen molar-refractivity contribution in [3.05, 3.63) is 124 Å². The van der Waals surface area contributed by atoms with Crippen molar-refractivity contribution >= 4 is 40.2 Å². The zero-order valence-corrected chi connectivity index (χ0v) is 22.4. The van der Waals surface area contributed by atoms with E-state index in [0.717, 1.165) is 16.9 Å². The maximum atomic E-state index is 13.5. The summed E-state index contributed by atoms with van der Waals surface area (Å²) in [6, 6.07) is 24.3. The molecule has 9 heteroatoms. The molecule has 1 amide bonds. The summed E-state index contributed by atoms with van der Waals surface area (Å²) in [4.78, 5) is 45.2. The van der Waals surface area contributed by atoms with Crippen molar-refractivity contribution in [1.82, 2.24) is 4.98 Å². The number of aryl methyl sites for hydroxylation is 1. The Balaban J connectivity index is 1.59. The second-order valence-corrected chi connectivity index (χ2v) is 9.82. The van der Waals surface area contributed by atoms with E-state index in [0.29, 0.717) is 22.8 Å². The van der Waals surface area contributed by atoms with Gasteiger partial charge < -0.3 is 14.6 Å². The standard InChI is InChI=1S/C31H24N2O6S/c1-19-28(30(37)38-2)40-31(32-19)33-26(21-12-9-15-23(18-21)39-22-13-7-4-8-14-22)25(27(35)29(33)36)24(34)17-16-20-10-5-3-6-11-20/h3-18,26,35H,1-2H3/b17-16+. The third kappa shape index (κ3) is 5.27. The molecule has 1 unspecified atom stereocenters. The summed E-state index contributed by atoms with van der Waals surface area (Å²) in [5.41, 5.74) is 1.55. The van der Waals surface area contributed by atoms with Crippen LogP contribution < -0.4 is 9.64 Å². The van der Waals surface area contributed by atoms with Crippen LogP contribution in [-0.4, -0.2) is 34.9 Å². The van der Waals surface area contributed by atoms with Crippen LogP contribution in [0.4, 0.5) is 5.13 Å². The molecule has 200 valence electrons. The molecule has 5 rings (SSSR count). The largest absolute Gasteiger partial charge is 0.503 e. The highest BCUT2D eigenvalue weighted by molar-refractivity contribution is 7.17. The second kappa shape index (κ2) is 11.4. The highest BCUT2D eigenvalue weighted by Gasteiger charge is 2.45.